The van der Waals surface area contributed by atoms with Gasteiger partial charge in [-0.05, 0) is 24.1 Å². The zero-order valence-electron chi connectivity index (χ0n) is 10.0. The predicted octanol–water partition coefficient (Wildman–Crippen LogP) is 2.27. The third-order valence-corrected chi connectivity index (χ3v) is 3.78. The third kappa shape index (κ3) is 4.83. The van der Waals surface area contributed by atoms with Crippen molar-refractivity contribution in [3.05, 3.63) is 30.1 Å². The van der Waals surface area contributed by atoms with Crippen molar-refractivity contribution < 1.29 is 17.5 Å². The molecule has 96 valence electrons. The number of halogens is 1. The fraction of sp³-hybridized carbons (Fsp3) is 0.500. The summed E-state index contributed by atoms with van der Waals surface area (Å²) in [6.07, 6.45) is 0. The Balaban J connectivity index is 2.57. The van der Waals surface area contributed by atoms with E-state index in [1.807, 2.05) is 13.8 Å². The Bertz CT molecular complexity index is 455. The summed E-state index contributed by atoms with van der Waals surface area (Å²) < 4.78 is 41.7. The van der Waals surface area contributed by atoms with Gasteiger partial charge in [-0.3, -0.25) is 0 Å². The standard InChI is InChI=1S/C12H17FO3S/c1-10(2)9-16-6-7-17(14,15)12-5-3-4-11(13)8-12/h3-5,8,10H,6-7,9H2,1-2H3. The molecule has 1 rings (SSSR count). The van der Waals surface area contributed by atoms with E-state index in [1.165, 1.54) is 18.2 Å². The van der Waals surface area contributed by atoms with Crippen molar-refractivity contribution in [1.29, 1.82) is 0 Å². The van der Waals surface area contributed by atoms with Gasteiger partial charge in [0.05, 0.1) is 17.3 Å². The molecule has 3 nitrogen and oxygen atoms in total. The molecular formula is C12H17FO3S. The molecule has 1 aromatic carbocycles. The number of hydrogen-bond acceptors (Lipinski definition) is 3. The van der Waals surface area contributed by atoms with Gasteiger partial charge in [0.15, 0.2) is 9.84 Å². The van der Waals surface area contributed by atoms with E-state index in [4.69, 9.17) is 4.74 Å². The SMILES string of the molecule is CC(C)COCCS(=O)(=O)c1cccc(F)c1. The lowest BCUT2D eigenvalue weighted by Gasteiger charge is -2.07. The number of sulfone groups is 1. The Morgan fingerprint density at radius 1 is 1.35 bits per heavy atom. The molecule has 0 N–H and O–H groups in total. The highest BCUT2D eigenvalue weighted by Gasteiger charge is 2.14. The lowest BCUT2D eigenvalue weighted by atomic mass is 10.2. The lowest BCUT2D eigenvalue weighted by molar-refractivity contribution is 0.123. The van der Waals surface area contributed by atoms with E-state index in [0.29, 0.717) is 12.5 Å². The largest absolute Gasteiger partial charge is 0.380 e. The Hall–Kier alpha value is -0.940. The zero-order valence-corrected chi connectivity index (χ0v) is 10.8. The Morgan fingerprint density at radius 3 is 2.65 bits per heavy atom. The average Bonchev–Trinajstić information content (AvgIpc) is 2.24. The van der Waals surface area contributed by atoms with Gasteiger partial charge in [-0.2, -0.15) is 0 Å². The fourth-order valence-corrected chi connectivity index (χ4v) is 2.42. The molecule has 0 saturated heterocycles. The molecule has 0 aliphatic heterocycles. The van der Waals surface area contributed by atoms with Crippen LogP contribution in [0.1, 0.15) is 13.8 Å². The lowest BCUT2D eigenvalue weighted by Crippen LogP contribution is -2.14. The summed E-state index contributed by atoms with van der Waals surface area (Å²) in [6, 6.07) is 5.02. The fourth-order valence-electron chi connectivity index (χ4n) is 1.27. The second-order valence-electron chi connectivity index (χ2n) is 4.25. The summed E-state index contributed by atoms with van der Waals surface area (Å²) in [4.78, 5) is 0.00523. The summed E-state index contributed by atoms with van der Waals surface area (Å²) in [5.41, 5.74) is 0. The van der Waals surface area contributed by atoms with Gasteiger partial charge in [0.25, 0.3) is 0 Å². The zero-order chi connectivity index (χ0) is 12.9. The summed E-state index contributed by atoms with van der Waals surface area (Å²) in [5, 5.41) is 0. The summed E-state index contributed by atoms with van der Waals surface area (Å²) >= 11 is 0. The molecule has 0 radical (unpaired) electrons. The summed E-state index contributed by atoms with van der Waals surface area (Å²) in [5.74, 6) is -0.301. The van der Waals surface area contributed by atoms with Gasteiger partial charge in [0.2, 0.25) is 0 Å². The van der Waals surface area contributed by atoms with Gasteiger partial charge in [-0.1, -0.05) is 19.9 Å². The molecule has 0 aliphatic rings. The third-order valence-electron chi connectivity index (χ3n) is 2.10. The first-order valence-electron chi connectivity index (χ1n) is 5.48. The molecule has 0 aliphatic carbocycles. The predicted molar refractivity (Wildman–Crippen MR) is 64.1 cm³/mol. The molecule has 0 unspecified atom stereocenters. The number of benzene rings is 1. The smallest absolute Gasteiger partial charge is 0.180 e. The Morgan fingerprint density at radius 2 is 2.06 bits per heavy atom. The number of rotatable bonds is 6. The molecule has 0 bridgehead atoms. The van der Waals surface area contributed by atoms with Gasteiger partial charge in [-0.25, -0.2) is 12.8 Å². The maximum absolute atomic E-state index is 12.9. The maximum atomic E-state index is 12.9. The van der Waals surface area contributed by atoms with E-state index in [0.717, 1.165) is 6.07 Å². The molecule has 0 fully saturated rings. The van der Waals surface area contributed by atoms with Gasteiger partial charge < -0.3 is 4.74 Å². The normalized spacial score (nSPS) is 12.0. The van der Waals surface area contributed by atoms with Crippen LogP contribution in [0.5, 0.6) is 0 Å². The van der Waals surface area contributed by atoms with E-state index in [-0.39, 0.29) is 17.3 Å². The van der Waals surface area contributed by atoms with Gasteiger partial charge in [0, 0.05) is 6.61 Å². The molecule has 5 heteroatoms. The van der Waals surface area contributed by atoms with Crippen LogP contribution in [-0.4, -0.2) is 27.4 Å². The second-order valence-corrected chi connectivity index (χ2v) is 6.35. The van der Waals surface area contributed by atoms with Crippen molar-refractivity contribution in [2.45, 2.75) is 18.7 Å². The first kappa shape index (κ1) is 14.1. The molecule has 0 amide bonds. The Kier molecular flexibility index (Phi) is 5.08. The monoisotopic (exact) mass is 260 g/mol. The molecule has 0 atom stereocenters. The van der Waals surface area contributed by atoms with Crippen molar-refractivity contribution in [3.8, 4) is 0 Å². The van der Waals surface area contributed by atoms with Crippen LogP contribution >= 0.6 is 0 Å². The van der Waals surface area contributed by atoms with E-state index in [1.54, 1.807) is 0 Å². The second kappa shape index (κ2) is 6.12. The summed E-state index contributed by atoms with van der Waals surface area (Å²) in [6.45, 7) is 4.64. The maximum Gasteiger partial charge on any atom is 0.180 e. The molecule has 1 aromatic rings. The van der Waals surface area contributed by atoms with Gasteiger partial charge in [0.1, 0.15) is 5.82 Å². The van der Waals surface area contributed by atoms with Crippen LogP contribution in [-0.2, 0) is 14.6 Å². The van der Waals surface area contributed by atoms with Gasteiger partial charge >= 0.3 is 0 Å². The molecule has 0 spiro atoms. The van der Waals surface area contributed by atoms with Crippen LogP contribution in [0.4, 0.5) is 4.39 Å². The first-order chi connectivity index (χ1) is 7.92. The van der Waals surface area contributed by atoms with Crippen LogP contribution in [0.25, 0.3) is 0 Å². The van der Waals surface area contributed by atoms with E-state index >= 15 is 0 Å². The number of ether oxygens (including phenoxy) is 1. The first-order valence-corrected chi connectivity index (χ1v) is 7.13. The van der Waals surface area contributed by atoms with Crippen molar-refractivity contribution in [1.82, 2.24) is 0 Å². The van der Waals surface area contributed by atoms with E-state index < -0.39 is 15.7 Å². The molecule has 0 heterocycles. The van der Waals surface area contributed by atoms with E-state index in [2.05, 4.69) is 0 Å². The van der Waals surface area contributed by atoms with Crippen molar-refractivity contribution in [2.75, 3.05) is 19.0 Å². The number of hydrogen-bond donors (Lipinski definition) is 0. The molecule has 17 heavy (non-hydrogen) atoms. The van der Waals surface area contributed by atoms with Crippen molar-refractivity contribution in [2.24, 2.45) is 5.92 Å². The Labute approximate surface area is 102 Å². The minimum absolute atomic E-state index is 0.00523. The van der Waals surface area contributed by atoms with Crippen molar-refractivity contribution >= 4 is 9.84 Å². The molecule has 0 saturated carbocycles. The quantitative estimate of drug-likeness (QED) is 0.737. The van der Waals surface area contributed by atoms with Crippen LogP contribution in [0.15, 0.2) is 29.2 Å². The minimum atomic E-state index is -3.45. The highest BCUT2D eigenvalue weighted by molar-refractivity contribution is 7.91. The van der Waals surface area contributed by atoms with Crippen LogP contribution in [0.2, 0.25) is 0 Å². The van der Waals surface area contributed by atoms with Gasteiger partial charge in [-0.15, -0.1) is 0 Å². The molecule has 0 aromatic heterocycles. The van der Waals surface area contributed by atoms with Crippen LogP contribution in [0.3, 0.4) is 0 Å². The molecular weight excluding hydrogens is 243 g/mol. The highest BCUT2D eigenvalue weighted by Crippen LogP contribution is 2.12. The topological polar surface area (TPSA) is 43.4 Å². The van der Waals surface area contributed by atoms with Crippen LogP contribution < -0.4 is 0 Å². The van der Waals surface area contributed by atoms with Crippen molar-refractivity contribution in [3.63, 3.8) is 0 Å². The van der Waals surface area contributed by atoms with E-state index in [9.17, 15) is 12.8 Å². The minimum Gasteiger partial charge on any atom is -0.380 e. The van der Waals surface area contributed by atoms with Crippen LogP contribution in [0, 0.1) is 11.7 Å². The summed E-state index contributed by atoms with van der Waals surface area (Å²) in [7, 11) is -3.45. The highest BCUT2D eigenvalue weighted by atomic mass is 32.2. The average molecular weight is 260 g/mol.